The van der Waals surface area contributed by atoms with E-state index in [1.807, 2.05) is 20.8 Å². The zero-order valence-electron chi connectivity index (χ0n) is 11.9. The highest BCUT2D eigenvalue weighted by Crippen LogP contribution is 2.34. The van der Waals surface area contributed by atoms with Crippen molar-refractivity contribution in [3.8, 4) is 0 Å². The van der Waals surface area contributed by atoms with E-state index in [1.54, 1.807) is 0 Å². The van der Waals surface area contributed by atoms with Gasteiger partial charge in [-0.15, -0.1) is 0 Å². The van der Waals surface area contributed by atoms with Crippen LogP contribution in [0.15, 0.2) is 4.42 Å². The van der Waals surface area contributed by atoms with Crippen molar-refractivity contribution in [3.05, 3.63) is 22.6 Å². The standard InChI is InChI=1S/C14H21F3O3/c1-4-8-9(5-2)13(20-11(8)6-3)10(18)7-12(19)14(15,16)17/h10,12,18-19H,4-7H2,1-3H3. The van der Waals surface area contributed by atoms with E-state index in [0.717, 1.165) is 11.1 Å². The lowest BCUT2D eigenvalue weighted by molar-refractivity contribution is -0.211. The number of aliphatic hydroxyl groups excluding tert-OH is 2. The summed E-state index contributed by atoms with van der Waals surface area (Å²) in [5.41, 5.74) is 1.71. The Morgan fingerprint density at radius 2 is 1.55 bits per heavy atom. The van der Waals surface area contributed by atoms with Crippen LogP contribution in [0.3, 0.4) is 0 Å². The zero-order valence-corrected chi connectivity index (χ0v) is 11.9. The van der Waals surface area contributed by atoms with Gasteiger partial charge in [-0.3, -0.25) is 0 Å². The van der Waals surface area contributed by atoms with E-state index in [0.29, 0.717) is 25.0 Å². The topological polar surface area (TPSA) is 53.6 Å². The number of hydrogen-bond acceptors (Lipinski definition) is 3. The number of alkyl halides is 3. The van der Waals surface area contributed by atoms with Gasteiger partial charge in [0.25, 0.3) is 0 Å². The predicted molar refractivity (Wildman–Crippen MR) is 68.5 cm³/mol. The van der Waals surface area contributed by atoms with E-state index in [4.69, 9.17) is 9.52 Å². The number of hydrogen-bond donors (Lipinski definition) is 2. The molecule has 1 rings (SSSR count). The Kier molecular flexibility index (Phi) is 5.65. The molecule has 1 aromatic rings. The monoisotopic (exact) mass is 294 g/mol. The molecule has 3 nitrogen and oxygen atoms in total. The Bertz CT molecular complexity index is 438. The van der Waals surface area contributed by atoms with Crippen LogP contribution in [0.4, 0.5) is 13.2 Å². The summed E-state index contributed by atoms with van der Waals surface area (Å²) in [6.45, 7) is 5.68. The van der Waals surface area contributed by atoms with E-state index in [1.165, 1.54) is 0 Å². The molecule has 0 aliphatic carbocycles. The van der Waals surface area contributed by atoms with Gasteiger partial charge in [-0.25, -0.2) is 0 Å². The number of halogens is 3. The van der Waals surface area contributed by atoms with E-state index in [-0.39, 0.29) is 5.76 Å². The van der Waals surface area contributed by atoms with Gasteiger partial charge in [-0.05, 0) is 24.0 Å². The third-order valence-electron chi connectivity index (χ3n) is 3.39. The fraction of sp³-hybridized carbons (Fsp3) is 0.714. The van der Waals surface area contributed by atoms with Crippen molar-refractivity contribution in [1.82, 2.24) is 0 Å². The SMILES string of the molecule is CCc1oc(C(O)CC(O)C(F)(F)F)c(CC)c1CC. The summed E-state index contributed by atoms with van der Waals surface area (Å²) in [6.07, 6.45) is -7.66. The van der Waals surface area contributed by atoms with Gasteiger partial charge in [-0.2, -0.15) is 13.2 Å². The molecule has 1 aromatic heterocycles. The van der Waals surface area contributed by atoms with Gasteiger partial charge < -0.3 is 14.6 Å². The lowest BCUT2D eigenvalue weighted by atomic mass is 9.99. The Morgan fingerprint density at radius 3 is 1.95 bits per heavy atom. The van der Waals surface area contributed by atoms with E-state index >= 15 is 0 Å². The maximum atomic E-state index is 12.3. The van der Waals surface area contributed by atoms with Crippen LogP contribution in [0, 0.1) is 0 Å². The lowest BCUT2D eigenvalue weighted by Crippen LogP contribution is -2.30. The second-order valence-corrected chi connectivity index (χ2v) is 4.72. The predicted octanol–water partition coefficient (Wildman–Crippen LogP) is 3.31. The van der Waals surface area contributed by atoms with E-state index in [9.17, 15) is 18.3 Å². The van der Waals surface area contributed by atoms with Crippen molar-refractivity contribution in [2.24, 2.45) is 0 Å². The van der Waals surface area contributed by atoms with Gasteiger partial charge in [0, 0.05) is 12.8 Å². The van der Waals surface area contributed by atoms with Crippen molar-refractivity contribution in [3.63, 3.8) is 0 Å². The molecule has 0 fully saturated rings. The fourth-order valence-corrected chi connectivity index (χ4v) is 2.38. The van der Waals surface area contributed by atoms with Crippen LogP contribution in [0.1, 0.15) is 55.9 Å². The molecule has 0 saturated heterocycles. The molecule has 0 aromatic carbocycles. The third-order valence-corrected chi connectivity index (χ3v) is 3.39. The normalized spacial score (nSPS) is 15.4. The molecule has 0 saturated carbocycles. The molecule has 0 radical (unpaired) electrons. The lowest BCUT2D eigenvalue weighted by Gasteiger charge is -2.17. The number of aryl methyl sites for hydroxylation is 1. The molecule has 2 atom stereocenters. The Balaban J connectivity index is 3.04. The van der Waals surface area contributed by atoms with Crippen LogP contribution >= 0.6 is 0 Å². The highest BCUT2D eigenvalue weighted by Gasteiger charge is 2.40. The van der Waals surface area contributed by atoms with Gasteiger partial charge in [0.05, 0.1) is 0 Å². The molecule has 0 amide bonds. The summed E-state index contributed by atoms with van der Waals surface area (Å²) < 4.78 is 42.5. The molecule has 2 unspecified atom stereocenters. The largest absolute Gasteiger partial charge is 0.463 e. The van der Waals surface area contributed by atoms with Crippen LogP contribution in [0.2, 0.25) is 0 Å². The van der Waals surface area contributed by atoms with Gasteiger partial charge >= 0.3 is 6.18 Å². The zero-order chi connectivity index (χ0) is 15.5. The molecule has 6 heteroatoms. The van der Waals surface area contributed by atoms with Gasteiger partial charge in [0.15, 0.2) is 6.10 Å². The summed E-state index contributed by atoms with van der Waals surface area (Å²) in [5.74, 6) is 0.851. The summed E-state index contributed by atoms with van der Waals surface area (Å²) in [7, 11) is 0. The van der Waals surface area contributed by atoms with E-state index < -0.39 is 24.8 Å². The van der Waals surface area contributed by atoms with Crippen molar-refractivity contribution >= 4 is 0 Å². The highest BCUT2D eigenvalue weighted by molar-refractivity contribution is 5.35. The third kappa shape index (κ3) is 3.55. The van der Waals surface area contributed by atoms with Gasteiger partial charge in [-0.1, -0.05) is 20.8 Å². The molecular weight excluding hydrogens is 273 g/mol. The molecule has 0 spiro atoms. The van der Waals surface area contributed by atoms with Crippen molar-refractivity contribution in [2.75, 3.05) is 0 Å². The molecule has 20 heavy (non-hydrogen) atoms. The van der Waals surface area contributed by atoms with Crippen LogP contribution in [-0.2, 0) is 19.3 Å². The molecule has 0 bridgehead atoms. The Labute approximate surface area is 116 Å². The summed E-state index contributed by atoms with van der Waals surface area (Å²) in [5, 5.41) is 19.0. The second-order valence-electron chi connectivity index (χ2n) is 4.72. The first kappa shape index (κ1) is 17.0. The Hall–Kier alpha value is -1.01. The summed E-state index contributed by atoms with van der Waals surface area (Å²) >= 11 is 0. The Morgan fingerprint density at radius 1 is 1.00 bits per heavy atom. The van der Waals surface area contributed by atoms with Crippen LogP contribution in [0.25, 0.3) is 0 Å². The molecule has 116 valence electrons. The number of rotatable bonds is 6. The average Bonchev–Trinajstić information content (AvgIpc) is 2.74. The number of aliphatic hydroxyl groups is 2. The van der Waals surface area contributed by atoms with Crippen molar-refractivity contribution < 1.29 is 27.8 Å². The molecular formula is C14H21F3O3. The first-order valence-electron chi connectivity index (χ1n) is 6.82. The maximum absolute atomic E-state index is 12.3. The second kappa shape index (κ2) is 6.63. The van der Waals surface area contributed by atoms with Crippen LogP contribution in [0.5, 0.6) is 0 Å². The number of furan rings is 1. The average molecular weight is 294 g/mol. The van der Waals surface area contributed by atoms with E-state index in [2.05, 4.69) is 0 Å². The molecule has 0 aliphatic heterocycles. The van der Waals surface area contributed by atoms with Crippen molar-refractivity contribution in [2.45, 2.75) is 64.8 Å². The molecule has 2 N–H and O–H groups in total. The minimum absolute atomic E-state index is 0.157. The first-order valence-corrected chi connectivity index (χ1v) is 6.82. The quantitative estimate of drug-likeness (QED) is 0.846. The summed E-state index contributed by atoms with van der Waals surface area (Å²) in [4.78, 5) is 0. The maximum Gasteiger partial charge on any atom is 0.414 e. The minimum Gasteiger partial charge on any atom is -0.463 e. The summed E-state index contributed by atoms with van der Waals surface area (Å²) in [6, 6.07) is 0. The van der Waals surface area contributed by atoms with Crippen LogP contribution < -0.4 is 0 Å². The minimum atomic E-state index is -4.73. The molecule has 1 heterocycles. The first-order chi connectivity index (χ1) is 9.26. The van der Waals surface area contributed by atoms with Crippen LogP contribution in [-0.4, -0.2) is 22.5 Å². The van der Waals surface area contributed by atoms with Crippen molar-refractivity contribution in [1.29, 1.82) is 0 Å². The fourth-order valence-electron chi connectivity index (χ4n) is 2.38. The highest BCUT2D eigenvalue weighted by atomic mass is 19.4. The van der Waals surface area contributed by atoms with Gasteiger partial charge in [0.2, 0.25) is 0 Å². The van der Waals surface area contributed by atoms with Gasteiger partial charge in [0.1, 0.15) is 17.6 Å². The molecule has 0 aliphatic rings. The smallest absolute Gasteiger partial charge is 0.414 e.